The molecule has 0 heterocycles. The lowest BCUT2D eigenvalue weighted by Crippen LogP contribution is -2.51. The summed E-state index contributed by atoms with van der Waals surface area (Å²) in [6.45, 7) is 7.82. The van der Waals surface area contributed by atoms with E-state index in [0.717, 1.165) is 5.56 Å². The molecule has 160 valence electrons. The van der Waals surface area contributed by atoms with E-state index >= 15 is 0 Å². The fourth-order valence-corrected chi connectivity index (χ4v) is 2.83. The van der Waals surface area contributed by atoms with Crippen molar-refractivity contribution in [2.45, 2.75) is 33.7 Å². The highest BCUT2D eigenvalue weighted by Crippen LogP contribution is 2.15. The predicted octanol–water partition coefficient (Wildman–Crippen LogP) is 2.90. The van der Waals surface area contributed by atoms with Crippen LogP contribution in [0.25, 0.3) is 0 Å². The van der Waals surface area contributed by atoms with Gasteiger partial charge in [-0.1, -0.05) is 31.5 Å². The standard InChI is InChI=1S/C23H29N3O4/c1-5-30-19-11-9-18(10-12-19)25-20(27)14-24-23(29)21(15(2)3)26-22(28)17-8-6-7-16(4)13-17/h6-13,15,21H,5,14H2,1-4H3,(H,24,29)(H,25,27)(H,26,28). The molecule has 3 amide bonds. The van der Waals surface area contributed by atoms with Crippen LogP contribution in [-0.2, 0) is 9.59 Å². The Hall–Kier alpha value is -3.35. The molecule has 0 aromatic heterocycles. The third kappa shape index (κ3) is 6.92. The van der Waals surface area contributed by atoms with E-state index in [-0.39, 0.29) is 24.3 Å². The number of nitrogens with one attached hydrogen (secondary N) is 3. The van der Waals surface area contributed by atoms with Gasteiger partial charge in [-0.2, -0.15) is 0 Å². The third-order valence-electron chi connectivity index (χ3n) is 4.39. The van der Waals surface area contributed by atoms with Gasteiger partial charge in [0.25, 0.3) is 5.91 Å². The molecule has 7 nitrogen and oxygen atoms in total. The van der Waals surface area contributed by atoms with Crippen molar-refractivity contribution in [2.24, 2.45) is 5.92 Å². The third-order valence-corrected chi connectivity index (χ3v) is 4.39. The molecule has 0 spiro atoms. The summed E-state index contributed by atoms with van der Waals surface area (Å²) in [6.07, 6.45) is 0. The van der Waals surface area contributed by atoms with Crippen molar-refractivity contribution in [3.05, 3.63) is 59.7 Å². The van der Waals surface area contributed by atoms with Crippen LogP contribution >= 0.6 is 0 Å². The second-order valence-electron chi connectivity index (χ2n) is 7.29. The van der Waals surface area contributed by atoms with Crippen LogP contribution in [0.5, 0.6) is 5.75 Å². The molecule has 1 unspecified atom stereocenters. The van der Waals surface area contributed by atoms with Gasteiger partial charge in [-0.15, -0.1) is 0 Å². The summed E-state index contributed by atoms with van der Waals surface area (Å²) in [5, 5.41) is 8.06. The minimum Gasteiger partial charge on any atom is -0.494 e. The summed E-state index contributed by atoms with van der Waals surface area (Å²) in [7, 11) is 0. The molecule has 0 aliphatic carbocycles. The van der Waals surface area contributed by atoms with Gasteiger partial charge in [-0.05, 0) is 56.2 Å². The quantitative estimate of drug-likeness (QED) is 0.591. The Morgan fingerprint density at radius 1 is 1.03 bits per heavy atom. The second-order valence-corrected chi connectivity index (χ2v) is 7.29. The SMILES string of the molecule is CCOc1ccc(NC(=O)CNC(=O)C(NC(=O)c2cccc(C)c2)C(C)C)cc1. The van der Waals surface area contributed by atoms with Crippen molar-refractivity contribution in [2.75, 3.05) is 18.5 Å². The van der Waals surface area contributed by atoms with Gasteiger partial charge in [-0.25, -0.2) is 0 Å². The largest absolute Gasteiger partial charge is 0.494 e. The zero-order valence-corrected chi connectivity index (χ0v) is 17.8. The number of carbonyl (C=O) groups is 3. The Bertz CT molecular complexity index is 878. The monoisotopic (exact) mass is 411 g/mol. The van der Waals surface area contributed by atoms with Crippen LogP contribution in [0.3, 0.4) is 0 Å². The van der Waals surface area contributed by atoms with E-state index in [1.165, 1.54) is 0 Å². The van der Waals surface area contributed by atoms with E-state index in [1.807, 2.05) is 33.8 Å². The molecule has 7 heteroatoms. The number of carbonyl (C=O) groups excluding carboxylic acids is 3. The molecule has 2 aromatic carbocycles. The van der Waals surface area contributed by atoms with Gasteiger partial charge >= 0.3 is 0 Å². The smallest absolute Gasteiger partial charge is 0.251 e. The average molecular weight is 412 g/mol. The van der Waals surface area contributed by atoms with Crippen LogP contribution < -0.4 is 20.7 Å². The van der Waals surface area contributed by atoms with Crippen LogP contribution in [0.4, 0.5) is 5.69 Å². The number of amides is 3. The van der Waals surface area contributed by atoms with E-state index in [0.29, 0.717) is 23.6 Å². The maximum Gasteiger partial charge on any atom is 0.251 e. The van der Waals surface area contributed by atoms with Crippen LogP contribution in [0, 0.1) is 12.8 Å². The number of hydrogen-bond donors (Lipinski definition) is 3. The van der Waals surface area contributed by atoms with E-state index < -0.39 is 11.9 Å². The first kappa shape index (κ1) is 22.9. The zero-order chi connectivity index (χ0) is 22.1. The van der Waals surface area contributed by atoms with Crippen molar-refractivity contribution in [3.63, 3.8) is 0 Å². The minimum atomic E-state index is -0.753. The Morgan fingerprint density at radius 3 is 2.33 bits per heavy atom. The van der Waals surface area contributed by atoms with Gasteiger partial charge < -0.3 is 20.7 Å². The highest BCUT2D eigenvalue weighted by molar-refractivity contribution is 5.99. The molecule has 2 aromatic rings. The lowest BCUT2D eigenvalue weighted by molar-refractivity contribution is -0.126. The van der Waals surface area contributed by atoms with Gasteiger partial charge in [-0.3, -0.25) is 14.4 Å². The van der Waals surface area contributed by atoms with Crippen molar-refractivity contribution < 1.29 is 19.1 Å². The van der Waals surface area contributed by atoms with Crippen molar-refractivity contribution in [1.29, 1.82) is 0 Å². The molecule has 0 fully saturated rings. The van der Waals surface area contributed by atoms with Crippen molar-refractivity contribution >= 4 is 23.4 Å². The summed E-state index contributed by atoms with van der Waals surface area (Å²) in [5.41, 5.74) is 2.05. The normalized spacial score (nSPS) is 11.5. The summed E-state index contributed by atoms with van der Waals surface area (Å²) in [4.78, 5) is 37.2. The summed E-state index contributed by atoms with van der Waals surface area (Å²) in [5.74, 6) is -0.528. The molecule has 0 aliphatic heterocycles. The molecular weight excluding hydrogens is 382 g/mol. The molecule has 0 radical (unpaired) electrons. The van der Waals surface area contributed by atoms with Crippen LogP contribution in [0.2, 0.25) is 0 Å². The number of rotatable bonds is 9. The molecular formula is C23H29N3O4. The van der Waals surface area contributed by atoms with Gasteiger partial charge in [0.15, 0.2) is 0 Å². The minimum absolute atomic E-state index is 0.145. The molecule has 0 saturated carbocycles. The number of ether oxygens (including phenoxy) is 1. The fraction of sp³-hybridized carbons (Fsp3) is 0.348. The van der Waals surface area contributed by atoms with Crippen LogP contribution in [-0.4, -0.2) is 36.9 Å². The molecule has 0 aliphatic rings. The molecule has 30 heavy (non-hydrogen) atoms. The number of benzene rings is 2. The summed E-state index contributed by atoms with van der Waals surface area (Å²) >= 11 is 0. The maximum absolute atomic E-state index is 12.6. The average Bonchev–Trinajstić information content (AvgIpc) is 2.71. The topological polar surface area (TPSA) is 96.5 Å². The first-order valence-electron chi connectivity index (χ1n) is 9.98. The number of hydrogen-bond acceptors (Lipinski definition) is 4. The Morgan fingerprint density at radius 2 is 1.73 bits per heavy atom. The molecule has 0 bridgehead atoms. The molecule has 1 atom stereocenters. The fourth-order valence-electron chi connectivity index (χ4n) is 2.83. The Labute approximate surface area is 177 Å². The first-order valence-corrected chi connectivity index (χ1v) is 9.98. The summed E-state index contributed by atoms with van der Waals surface area (Å²) in [6, 6.07) is 13.4. The number of anilines is 1. The second kappa shape index (κ2) is 11.0. The van der Waals surface area contributed by atoms with E-state index in [4.69, 9.17) is 4.74 Å². The molecule has 3 N–H and O–H groups in total. The van der Waals surface area contributed by atoms with Gasteiger partial charge in [0.05, 0.1) is 13.2 Å². The lowest BCUT2D eigenvalue weighted by Gasteiger charge is -2.21. The van der Waals surface area contributed by atoms with Crippen molar-refractivity contribution in [1.82, 2.24) is 10.6 Å². The maximum atomic E-state index is 12.6. The zero-order valence-electron chi connectivity index (χ0n) is 17.8. The highest BCUT2D eigenvalue weighted by Gasteiger charge is 2.25. The highest BCUT2D eigenvalue weighted by atomic mass is 16.5. The van der Waals surface area contributed by atoms with E-state index in [1.54, 1.807) is 42.5 Å². The van der Waals surface area contributed by atoms with Gasteiger partial charge in [0, 0.05) is 11.3 Å². The Balaban J connectivity index is 1.89. The van der Waals surface area contributed by atoms with E-state index in [9.17, 15) is 14.4 Å². The van der Waals surface area contributed by atoms with E-state index in [2.05, 4.69) is 16.0 Å². The molecule has 0 saturated heterocycles. The van der Waals surface area contributed by atoms with Gasteiger partial charge in [0.1, 0.15) is 11.8 Å². The predicted molar refractivity (Wildman–Crippen MR) is 117 cm³/mol. The van der Waals surface area contributed by atoms with Crippen molar-refractivity contribution in [3.8, 4) is 5.75 Å². The lowest BCUT2D eigenvalue weighted by atomic mass is 10.0. The Kier molecular flexibility index (Phi) is 8.41. The first-order chi connectivity index (χ1) is 14.3. The van der Waals surface area contributed by atoms with Crippen LogP contribution in [0.1, 0.15) is 36.7 Å². The van der Waals surface area contributed by atoms with Gasteiger partial charge in [0.2, 0.25) is 11.8 Å². The molecule has 2 rings (SSSR count). The summed E-state index contributed by atoms with van der Waals surface area (Å²) < 4.78 is 5.36. The number of aryl methyl sites for hydroxylation is 1. The van der Waals surface area contributed by atoms with Crippen LogP contribution in [0.15, 0.2) is 48.5 Å².